The van der Waals surface area contributed by atoms with Gasteiger partial charge in [0.1, 0.15) is 0 Å². The predicted octanol–water partition coefficient (Wildman–Crippen LogP) is 4.04. The minimum atomic E-state index is -0.172. The lowest BCUT2D eigenvalue weighted by Gasteiger charge is -2.64. The Hall–Kier alpha value is -0.615. The van der Waals surface area contributed by atoms with Crippen molar-refractivity contribution in [2.45, 2.75) is 58.6 Å². The zero-order chi connectivity index (χ0) is 17.5. The van der Waals surface area contributed by atoms with Crippen molar-refractivity contribution in [1.82, 2.24) is 0 Å². The highest BCUT2D eigenvalue weighted by atomic mass is 17.2. The van der Waals surface area contributed by atoms with Gasteiger partial charge in [0.15, 0.2) is 0 Å². The van der Waals surface area contributed by atoms with Crippen LogP contribution in [0.2, 0.25) is 6.32 Å². The fourth-order valence-electron chi connectivity index (χ4n) is 5.14. The maximum Gasteiger partial charge on any atom is 0.458 e. The van der Waals surface area contributed by atoms with Crippen molar-refractivity contribution in [3.8, 4) is 0 Å². The van der Waals surface area contributed by atoms with Crippen molar-refractivity contribution >= 4 is 7.12 Å². The molecule has 4 fully saturated rings. The summed E-state index contributed by atoms with van der Waals surface area (Å²) in [6.45, 7) is 13.4. The summed E-state index contributed by atoms with van der Waals surface area (Å²) in [7, 11) is 1.37. The molecular weight excluding hydrogens is 303 g/mol. The Labute approximate surface area is 146 Å². The van der Waals surface area contributed by atoms with E-state index in [-0.39, 0.29) is 24.7 Å². The maximum absolute atomic E-state index is 6.51. The highest BCUT2D eigenvalue weighted by Gasteiger charge is 2.67. The van der Waals surface area contributed by atoms with Crippen LogP contribution in [0.4, 0.5) is 0 Å². The number of hydrogen-bond acceptors (Lipinski definition) is 4. The fourth-order valence-corrected chi connectivity index (χ4v) is 5.14. The van der Waals surface area contributed by atoms with Gasteiger partial charge in [-0.25, -0.2) is 9.78 Å². The van der Waals surface area contributed by atoms with E-state index >= 15 is 0 Å². The molecule has 2 bridgehead atoms. The Bertz CT molecular complexity index is 517. The van der Waals surface area contributed by atoms with Crippen molar-refractivity contribution in [3.05, 3.63) is 24.3 Å². The van der Waals surface area contributed by atoms with E-state index in [1.54, 1.807) is 0 Å². The van der Waals surface area contributed by atoms with Gasteiger partial charge in [-0.2, -0.15) is 0 Å². The molecule has 4 aliphatic rings. The number of hydrogen-bond donors (Lipinski definition) is 0. The monoisotopic (exact) mass is 334 g/mol. The van der Waals surface area contributed by atoms with Gasteiger partial charge in [0.05, 0.1) is 25.4 Å². The second-order valence-corrected chi connectivity index (χ2v) is 8.43. The van der Waals surface area contributed by atoms with E-state index in [9.17, 15) is 0 Å². The molecule has 5 heteroatoms. The molecule has 3 aliphatic carbocycles. The molecule has 0 radical (unpaired) electrons. The van der Waals surface area contributed by atoms with Crippen LogP contribution in [-0.2, 0) is 19.1 Å². The smallest absolute Gasteiger partial charge is 0.405 e. The van der Waals surface area contributed by atoms with Crippen molar-refractivity contribution in [1.29, 1.82) is 0 Å². The molecule has 0 aromatic rings. The molecule has 1 saturated heterocycles. The normalized spacial score (nSPS) is 38.5. The van der Waals surface area contributed by atoms with E-state index in [0.717, 1.165) is 18.7 Å². The summed E-state index contributed by atoms with van der Waals surface area (Å²) in [4.78, 5) is 9.99. The fraction of sp³-hybridized carbons (Fsp3) is 0.789. The average molecular weight is 334 g/mol. The lowest BCUT2D eigenvalue weighted by atomic mass is 9.43. The van der Waals surface area contributed by atoms with Gasteiger partial charge in [0, 0.05) is 5.92 Å². The van der Waals surface area contributed by atoms with Crippen molar-refractivity contribution in [2.75, 3.05) is 13.7 Å². The molecule has 3 saturated carbocycles. The minimum Gasteiger partial charge on any atom is -0.405 e. The predicted molar refractivity (Wildman–Crippen MR) is 95.3 cm³/mol. The largest absolute Gasteiger partial charge is 0.458 e. The van der Waals surface area contributed by atoms with Crippen molar-refractivity contribution in [3.63, 3.8) is 0 Å². The Morgan fingerprint density at radius 2 is 2.12 bits per heavy atom. The molecule has 24 heavy (non-hydrogen) atoms. The Morgan fingerprint density at radius 3 is 2.75 bits per heavy atom. The summed E-state index contributed by atoms with van der Waals surface area (Å²) in [6, 6.07) is 0. The molecule has 0 amide bonds. The summed E-state index contributed by atoms with van der Waals surface area (Å²) >= 11 is 0. The third-order valence-corrected chi connectivity index (χ3v) is 6.89. The molecule has 0 aromatic heterocycles. The molecule has 0 aromatic carbocycles. The highest BCUT2D eigenvalue weighted by Crippen LogP contribution is 2.65. The topological polar surface area (TPSA) is 36.9 Å². The van der Waals surface area contributed by atoms with Crippen LogP contribution < -0.4 is 0 Å². The molecule has 0 N–H and O–H groups in total. The molecule has 4 rings (SSSR count). The molecule has 134 valence electrons. The molecule has 1 heterocycles. The van der Waals surface area contributed by atoms with Crippen molar-refractivity contribution < 1.29 is 19.1 Å². The van der Waals surface area contributed by atoms with E-state index in [1.165, 1.54) is 19.1 Å². The third kappa shape index (κ3) is 2.90. The lowest BCUT2D eigenvalue weighted by Crippen LogP contribution is -2.65. The van der Waals surface area contributed by atoms with E-state index in [0.29, 0.717) is 17.9 Å². The van der Waals surface area contributed by atoms with Gasteiger partial charge >= 0.3 is 7.12 Å². The molecule has 5 atom stereocenters. The van der Waals surface area contributed by atoms with Gasteiger partial charge in [-0.1, -0.05) is 38.2 Å². The summed E-state index contributed by atoms with van der Waals surface area (Å²) in [5.41, 5.74) is 1.44. The Kier molecular flexibility index (Phi) is 5.00. The first-order chi connectivity index (χ1) is 11.3. The van der Waals surface area contributed by atoms with Gasteiger partial charge in [0.2, 0.25) is 0 Å². The van der Waals surface area contributed by atoms with Crippen LogP contribution in [0, 0.1) is 23.2 Å². The van der Waals surface area contributed by atoms with E-state index in [1.807, 2.05) is 12.2 Å². The van der Waals surface area contributed by atoms with Gasteiger partial charge in [-0.3, -0.25) is 0 Å². The third-order valence-electron chi connectivity index (χ3n) is 6.89. The van der Waals surface area contributed by atoms with E-state index < -0.39 is 0 Å². The number of allylic oxidation sites excluding steroid dienone is 2. The first kappa shape index (κ1) is 18.2. The first-order valence-corrected chi connectivity index (χ1v) is 9.11. The zero-order valence-electron chi connectivity index (χ0n) is 15.7. The Balaban J connectivity index is 1.68. The minimum absolute atomic E-state index is 0.147. The zero-order valence-corrected chi connectivity index (χ0v) is 15.7. The van der Waals surface area contributed by atoms with Crippen LogP contribution >= 0.6 is 0 Å². The first-order valence-electron chi connectivity index (χ1n) is 9.11. The lowest BCUT2D eigenvalue weighted by molar-refractivity contribution is -0.277. The van der Waals surface area contributed by atoms with Crippen LogP contribution in [-0.4, -0.2) is 32.5 Å². The van der Waals surface area contributed by atoms with Crippen LogP contribution in [0.3, 0.4) is 0 Å². The molecule has 4 nitrogen and oxygen atoms in total. The quantitative estimate of drug-likeness (QED) is 0.305. The second kappa shape index (κ2) is 6.60. The summed E-state index contributed by atoms with van der Waals surface area (Å²) in [6.07, 6.45) is 7.24. The number of rotatable bonds is 7. The van der Waals surface area contributed by atoms with E-state index in [2.05, 4.69) is 34.3 Å². The SMILES string of the molecule is C=C/C=C(\C)C(COOC)CB1OC2CC3CC(C3(C)C)C2(C)O1. The van der Waals surface area contributed by atoms with Gasteiger partial charge in [-0.05, 0) is 50.3 Å². The van der Waals surface area contributed by atoms with Gasteiger partial charge in [-0.15, -0.1) is 0 Å². The summed E-state index contributed by atoms with van der Waals surface area (Å²) in [5.74, 6) is 1.56. The maximum atomic E-state index is 6.51. The second-order valence-electron chi connectivity index (χ2n) is 8.43. The van der Waals surface area contributed by atoms with Gasteiger partial charge < -0.3 is 9.31 Å². The van der Waals surface area contributed by atoms with Crippen LogP contribution in [0.1, 0.15) is 40.5 Å². The molecule has 0 spiro atoms. The summed E-state index contributed by atoms with van der Waals surface area (Å²) in [5, 5.41) is 0. The van der Waals surface area contributed by atoms with E-state index in [4.69, 9.17) is 19.1 Å². The van der Waals surface area contributed by atoms with Crippen molar-refractivity contribution in [2.24, 2.45) is 23.2 Å². The Morgan fingerprint density at radius 1 is 1.38 bits per heavy atom. The summed E-state index contributed by atoms with van der Waals surface area (Å²) < 4.78 is 12.8. The molecular formula is C19H31BO4. The molecule has 5 unspecified atom stereocenters. The molecule has 1 aliphatic heterocycles. The van der Waals surface area contributed by atoms with Crippen LogP contribution in [0.5, 0.6) is 0 Å². The van der Waals surface area contributed by atoms with Crippen LogP contribution in [0.25, 0.3) is 0 Å². The highest BCUT2D eigenvalue weighted by molar-refractivity contribution is 6.45. The van der Waals surface area contributed by atoms with Gasteiger partial charge in [0.25, 0.3) is 0 Å². The average Bonchev–Trinajstić information content (AvgIpc) is 2.86. The van der Waals surface area contributed by atoms with Crippen LogP contribution in [0.15, 0.2) is 24.3 Å². The standard InChI is InChI=1S/C19H31BO4/c1-7-8-13(2)14(12-22-21-6)11-20-23-17-10-15-9-16(18(15,3)4)19(17,5)24-20/h7-8,14-17H,1,9-12H2,2-6H3/b13-8+.